The molecule has 0 bridgehead atoms. The molecule has 3 heteroatoms. The first kappa shape index (κ1) is 7.98. The summed E-state index contributed by atoms with van der Waals surface area (Å²) in [7, 11) is 0. The van der Waals surface area contributed by atoms with Crippen molar-refractivity contribution in [2.24, 2.45) is 0 Å². The van der Waals surface area contributed by atoms with Crippen LogP contribution in [0.3, 0.4) is 0 Å². The van der Waals surface area contributed by atoms with E-state index < -0.39 is 0 Å². The monoisotopic (exact) mass is 146 g/mol. The second kappa shape index (κ2) is 3.91. The van der Waals surface area contributed by atoms with E-state index in [-0.39, 0.29) is 12.2 Å². The average molecular weight is 146 g/mol. The Kier molecular flexibility index (Phi) is 3.12. The summed E-state index contributed by atoms with van der Waals surface area (Å²) in [6, 6.07) is 0. The summed E-state index contributed by atoms with van der Waals surface area (Å²) < 4.78 is 10.5. The number of ether oxygens (including phenoxy) is 2. The fourth-order valence-corrected chi connectivity index (χ4v) is 1.05. The van der Waals surface area contributed by atoms with Gasteiger partial charge in [-0.3, -0.25) is 0 Å². The smallest absolute Gasteiger partial charge is 0.0834 e. The molecule has 0 aromatic carbocycles. The zero-order valence-corrected chi connectivity index (χ0v) is 6.25. The van der Waals surface area contributed by atoms with Gasteiger partial charge in [0.05, 0.1) is 32.0 Å². The Labute approximate surface area is 60.9 Å². The van der Waals surface area contributed by atoms with E-state index in [1.807, 2.05) is 0 Å². The average Bonchev–Trinajstić information content (AvgIpc) is 1.88. The molecule has 0 amide bonds. The molecule has 3 nitrogen and oxygen atoms in total. The van der Waals surface area contributed by atoms with Crippen LogP contribution in [0.15, 0.2) is 0 Å². The molecule has 1 heterocycles. The third-order valence-electron chi connectivity index (χ3n) is 1.49. The van der Waals surface area contributed by atoms with Crippen molar-refractivity contribution in [3.8, 4) is 0 Å². The van der Waals surface area contributed by atoms with Crippen molar-refractivity contribution in [3.63, 3.8) is 0 Å². The lowest BCUT2D eigenvalue weighted by Crippen LogP contribution is -2.31. The van der Waals surface area contributed by atoms with E-state index in [0.717, 1.165) is 0 Å². The molecule has 2 atom stereocenters. The zero-order chi connectivity index (χ0) is 7.40. The summed E-state index contributed by atoms with van der Waals surface area (Å²) in [6.07, 6.45) is 0.500. The molecule has 1 unspecified atom stereocenters. The van der Waals surface area contributed by atoms with Crippen molar-refractivity contribution in [2.45, 2.75) is 25.6 Å². The number of rotatable bonds is 2. The predicted octanol–water partition coefficient (Wildman–Crippen LogP) is 0.173. The third kappa shape index (κ3) is 2.64. The molecule has 1 aliphatic rings. The highest BCUT2D eigenvalue weighted by Gasteiger charge is 2.15. The van der Waals surface area contributed by atoms with Gasteiger partial charge in [-0.25, -0.2) is 0 Å². The molecular formula is C7H14O3. The minimum absolute atomic E-state index is 0.105. The lowest BCUT2D eigenvalue weighted by molar-refractivity contribution is -0.100. The van der Waals surface area contributed by atoms with E-state index in [9.17, 15) is 0 Å². The summed E-state index contributed by atoms with van der Waals surface area (Å²) in [6.45, 7) is 3.75. The molecule has 0 aliphatic carbocycles. The van der Waals surface area contributed by atoms with Gasteiger partial charge in [-0.2, -0.15) is 0 Å². The Morgan fingerprint density at radius 3 is 2.90 bits per heavy atom. The van der Waals surface area contributed by atoms with Crippen LogP contribution < -0.4 is 0 Å². The van der Waals surface area contributed by atoms with Crippen LogP contribution in [-0.2, 0) is 9.47 Å². The lowest BCUT2D eigenvalue weighted by atomic mass is 10.2. The van der Waals surface area contributed by atoms with Crippen molar-refractivity contribution >= 4 is 0 Å². The fraction of sp³-hybridized carbons (Fsp3) is 1.00. The van der Waals surface area contributed by atoms with Gasteiger partial charge in [-0.15, -0.1) is 0 Å². The number of aliphatic hydroxyl groups is 1. The van der Waals surface area contributed by atoms with Gasteiger partial charge in [0, 0.05) is 6.42 Å². The maximum Gasteiger partial charge on any atom is 0.0834 e. The maximum atomic E-state index is 8.97. The van der Waals surface area contributed by atoms with Crippen LogP contribution in [0, 0.1) is 0 Å². The van der Waals surface area contributed by atoms with Crippen LogP contribution in [0.25, 0.3) is 0 Å². The Hall–Kier alpha value is -0.120. The highest BCUT2D eigenvalue weighted by atomic mass is 16.6. The van der Waals surface area contributed by atoms with E-state index >= 15 is 0 Å². The maximum absolute atomic E-state index is 8.97. The van der Waals surface area contributed by atoms with Crippen LogP contribution in [0.2, 0.25) is 0 Å². The van der Waals surface area contributed by atoms with Crippen molar-refractivity contribution in [2.75, 3.05) is 19.8 Å². The molecule has 0 spiro atoms. The summed E-state index contributed by atoms with van der Waals surface area (Å²) in [4.78, 5) is 0. The third-order valence-corrected chi connectivity index (χ3v) is 1.49. The van der Waals surface area contributed by atoms with Gasteiger partial charge in [0.15, 0.2) is 0 Å². The Morgan fingerprint density at radius 1 is 1.60 bits per heavy atom. The van der Waals surface area contributed by atoms with E-state index in [2.05, 4.69) is 0 Å². The van der Waals surface area contributed by atoms with Gasteiger partial charge in [-0.1, -0.05) is 0 Å². The molecule has 1 saturated heterocycles. The summed E-state index contributed by atoms with van der Waals surface area (Å²) in [5, 5.41) is 8.97. The Balaban J connectivity index is 2.13. The first-order valence-corrected chi connectivity index (χ1v) is 3.66. The highest BCUT2D eigenvalue weighted by Crippen LogP contribution is 2.06. The molecule has 0 aromatic heterocycles. The first-order chi connectivity index (χ1) is 4.79. The number of hydrogen-bond donors (Lipinski definition) is 1. The summed E-state index contributed by atoms with van der Waals surface area (Å²) >= 11 is 0. The van der Waals surface area contributed by atoms with Crippen LogP contribution >= 0.6 is 0 Å². The van der Waals surface area contributed by atoms with Crippen molar-refractivity contribution in [1.29, 1.82) is 0 Å². The zero-order valence-electron chi connectivity index (χ0n) is 6.25. The van der Waals surface area contributed by atoms with Gasteiger partial charge < -0.3 is 14.6 Å². The molecular weight excluding hydrogens is 132 g/mol. The first-order valence-electron chi connectivity index (χ1n) is 3.66. The topological polar surface area (TPSA) is 38.7 Å². The molecule has 1 rings (SSSR count). The Morgan fingerprint density at radius 2 is 2.40 bits per heavy atom. The van der Waals surface area contributed by atoms with Crippen molar-refractivity contribution < 1.29 is 14.6 Å². The van der Waals surface area contributed by atoms with Gasteiger partial charge in [0.25, 0.3) is 0 Å². The van der Waals surface area contributed by atoms with E-state index in [1.54, 1.807) is 6.92 Å². The van der Waals surface area contributed by atoms with Crippen LogP contribution in [0.4, 0.5) is 0 Å². The van der Waals surface area contributed by atoms with E-state index in [1.165, 1.54) is 0 Å². The lowest BCUT2D eigenvalue weighted by Gasteiger charge is -2.23. The van der Waals surface area contributed by atoms with Crippen LogP contribution in [0.1, 0.15) is 13.3 Å². The van der Waals surface area contributed by atoms with Crippen LogP contribution in [0.5, 0.6) is 0 Å². The molecule has 0 radical (unpaired) electrons. The number of hydrogen-bond acceptors (Lipinski definition) is 3. The van der Waals surface area contributed by atoms with Crippen molar-refractivity contribution in [3.05, 3.63) is 0 Å². The summed E-state index contributed by atoms with van der Waals surface area (Å²) in [5.74, 6) is 0. The van der Waals surface area contributed by atoms with Gasteiger partial charge in [0.2, 0.25) is 0 Å². The van der Waals surface area contributed by atoms with E-state index in [4.69, 9.17) is 14.6 Å². The second-order valence-electron chi connectivity index (χ2n) is 2.65. The predicted molar refractivity (Wildman–Crippen MR) is 36.9 cm³/mol. The largest absolute Gasteiger partial charge is 0.393 e. The van der Waals surface area contributed by atoms with Crippen LogP contribution in [-0.4, -0.2) is 37.1 Å². The van der Waals surface area contributed by atoms with Crippen molar-refractivity contribution in [1.82, 2.24) is 0 Å². The van der Waals surface area contributed by atoms with E-state index in [0.29, 0.717) is 26.2 Å². The second-order valence-corrected chi connectivity index (χ2v) is 2.65. The normalized spacial score (nSPS) is 30.0. The Bertz CT molecular complexity index is 86.9. The van der Waals surface area contributed by atoms with Gasteiger partial charge >= 0.3 is 0 Å². The molecule has 60 valence electrons. The molecule has 1 aliphatic heterocycles. The summed E-state index contributed by atoms with van der Waals surface area (Å²) in [5.41, 5.74) is 0. The molecule has 0 saturated carbocycles. The minimum atomic E-state index is -0.285. The molecule has 10 heavy (non-hydrogen) atoms. The van der Waals surface area contributed by atoms with Gasteiger partial charge in [0.1, 0.15) is 0 Å². The highest BCUT2D eigenvalue weighted by molar-refractivity contribution is 4.63. The molecule has 1 fully saturated rings. The SMILES string of the molecule is C[C@@H](O)CC1COCCO1. The minimum Gasteiger partial charge on any atom is -0.393 e. The van der Waals surface area contributed by atoms with Gasteiger partial charge in [-0.05, 0) is 6.92 Å². The quantitative estimate of drug-likeness (QED) is 0.603. The number of aliphatic hydroxyl groups excluding tert-OH is 1. The molecule has 0 aromatic rings. The molecule has 1 N–H and O–H groups in total. The standard InChI is InChI=1S/C7H14O3/c1-6(8)4-7-5-9-2-3-10-7/h6-8H,2-5H2,1H3/t6-,7?/m1/s1. The fourth-order valence-electron chi connectivity index (χ4n) is 1.05.